The monoisotopic (exact) mass is 456 g/mol. The molecule has 0 radical (unpaired) electrons. The third kappa shape index (κ3) is 3.93. The van der Waals surface area contributed by atoms with Crippen molar-refractivity contribution in [1.29, 1.82) is 0 Å². The second-order valence-electron chi connectivity index (χ2n) is 9.91. The number of carbonyl (C=O) groups excluding carboxylic acids is 2. The summed E-state index contributed by atoms with van der Waals surface area (Å²) in [6, 6.07) is 37.2. The SMILES string of the molecule is O=C1C[C@@H](c2ccccc2-c2ccccc2)[C@H]2C[C@H]1[C@H](c1ccccc1-c1ccccc1)CC2=O. The fourth-order valence-electron chi connectivity index (χ4n) is 6.39. The van der Waals surface area contributed by atoms with Crippen LogP contribution < -0.4 is 0 Å². The predicted octanol–water partition coefficient (Wildman–Crippen LogP) is 7.46. The van der Waals surface area contributed by atoms with Gasteiger partial charge in [-0.3, -0.25) is 9.59 Å². The second-order valence-corrected chi connectivity index (χ2v) is 9.91. The first-order chi connectivity index (χ1) is 17.2. The van der Waals surface area contributed by atoms with Gasteiger partial charge in [0.2, 0.25) is 0 Å². The average molecular weight is 457 g/mol. The van der Waals surface area contributed by atoms with Gasteiger partial charge >= 0.3 is 0 Å². The Kier molecular flexibility index (Phi) is 5.66. The molecule has 6 rings (SSSR count). The van der Waals surface area contributed by atoms with E-state index in [1.54, 1.807) is 0 Å². The van der Waals surface area contributed by atoms with E-state index in [4.69, 9.17) is 0 Å². The molecule has 2 fully saturated rings. The van der Waals surface area contributed by atoms with Crippen LogP contribution in [0.25, 0.3) is 22.3 Å². The van der Waals surface area contributed by atoms with Gasteiger partial charge in [0.1, 0.15) is 11.6 Å². The third-order valence-electron chi connectivity index (χ3n) is 8.04. The number of fused-ring (bicyclic) bond motifs is 2. The summed E-state index contributed by atoms with van der Waals surface area (Å²) in [5.74, 6) is 0.315. The van der Waals surface area contributed by atoms with Gasteiger partial charge in [-0.25, -0.2) is 0 Å². The first kappa shape index (κ1) is 21.7. The number of ketones is 2. The van der Waals surface area contributed by atoms with Gasteiger partial charge in [-0.15, -0.1) is 0 Å². The first-order valence-corrected chi connectivity index (χ1v) is 12.5. The molecule has 172 valence electrons. The average Bonchev–Trinajstić information content (AvgIpc) is 2.93. The Morgan fingerprint density at radius 2 is 0.800 bits per heavy atom. The molecule has 2 heteroatoms. The highest BCUT2D eigenvalue weighted by molar-refractivity contribution is 5.94. The normalized spacial score (nSPS) is 23.8. The largest absolute Gasteiger partial charge is 0.299 e. The maximum Gasteiger partial charge on any atom is 0.137 e. The molecule has 4 aromatic carbocycles. The standard InChI is InChI=1S/C33H28O2/c34-32-20-28(26-17-9-7-15-24(26)22-11-3-1-4-12-22)30-19-31(32)29(21-33(30)35)27-18-10-8-16-25(27)23-13-5-2-6-14-23/h1-18,28-31H,19-21H2/t28-,29-,30-,31+/m0/s1. The lowest BCUT2D eigenvalue weighted by molar-refractivity contribution is -0.137. The van der Waals surface area contributed by atoms with Crippen LogP contribution in [-0.4, -0.2) is 11.6 Å². The van der Waals surface area contributed by atoms with Crippen LogP contribution in [0.5, 0.6) is 0 Å². The molecule has 0 unspecified atom stereocenters. The summed E-state index contributed by atoms with van der Waals surface area (Å²) in [6.45, 7) is 0. The molecule has 4 aromatic rings. The minimum atomic E-state index is -0.0947. The van der Waals surface area contributed by atoms with Crippen molar-refractivity contribution in [3.05, 3.63) is 120 Å². The van der Waals surface area contributed by atoms with E-state index in [1.807, 2.05) is 60.7 Å². The highest BCUT2D eigenvalue weighted by atomic mass is 16.1. The maximum absolute atomic E-state index is 13.7. The minimum absolute atomic E-state index is 0.0482. The van der Waals surface area contributed by atoms with E-state index >= 15 is 0 Å². The minimum Gasteiger partial charge on any atom is -0.299 e. The Labute approximate surface area is 206 Å². The topological polar surface area (TPSA) is 34.1 Å². The van der Waals surface area contributed by atoms with Crippen molar-refractivity contribution in [1.82, 2.24) is 0 Å². The van der Waals surface area contributed by atoms with Gasteiger partial charge < -0.3 is 0 Å². The molecule has 0 saturated heterocycles. The van der Waals surface area contributed by atoms with Crippen molar-refractivity contribution >= 4 is 11.6 Å². The van der Waals surface area contributed by atoms with Crippen LogP contribution >= 0.6 is 0 Å². The molecule has 4 atom stereocenters. The molecule has 0 N–H and O–H groups in total. The number of hydrogen-bond acceptors (Lipinski definition) is 2. The van der Waals surface area contributed by atoms with Crippen LogP contribution in [0.4, 0.5) is 0 Å². The summed E-state index contributed by atoms with van der Waals surface area (Å²) in [7, 11) is 0. The van der Waals surface area contributed by atoms with Gasteiger partial charge in [-0.2, -0.15) is 0 Å². The Balaban J connectivity index is 1.36. The Morgan fingerprint density at radius 3 is 1.23 bits per heavy atom. The van der Waals surface area contributed by atoms with Crippen molar-refractivity contribution < 1.29 is 9.59 Å². The molecule has 2 aliphatic rings. The van der Waals surface area contributed by atoms with E-state index in [1.165, 1.54) is 0 Å². The molecular formula is C33H28O2. The van der Waals surface area contributed by atoms with Crippen LogP contribution in [0.3, 0.4) is 0 Å². The van der Waals surface area contributed by atoms with E-state index in [2.05, 4.69) is 48.5 Å². The zero-order valence-electron chi connectivity index (χ0n) is 19.6. The summed E-state index contributed by atoms with van der Waals surface area (Å²) < 4.78 is 0. The first-order valence-electron chi connectivity index (χ1n) is 12.5. The molecule has 0 amide bonds. The smallest absolute Gasteiger partial charge is 0.137 e. The fourth-order valence-corrected chi connectivity index (χ4v) is 6.39. The predicted molar refractivity (Wildman–Crippen MR) is 140 cm³/mol. The Morgan fingerprint density at radius 1 is 0.429 bits per heavy atom. The summed E-state index contributed by atoms with van der Waals surface area (Å²) in [5.41, 5.74) is 6.80. The van der Waals surface area contributed by atoms with Crippen molar-refractivity contribution in [2.75, 3.05) is 0 Å². The van der Waals surface area contributed by atoms with E-state index in [-0.39, 0.29) is 23.7 Å². The lowest BCUT2D eigenvalue weighted by Gasteiger charge is -2.43. The van der Waals surface area contributed by atoms with Crippen molar-refractivity contribution in [2.45, 2.75) is 31.1 Å². The zero-order valence-corrected chi connectivity index (χ0v) is 19.6. The summed E-state index contributed by atoms with van der Waals surface area (Å²) in [6.07, 6.45) is 1.53. The molecule has 35 heavy (non-hydrogen) atoms. The molecule has 0 heterocycles. The van der Waals surface area contributed by atoms with E-state index in [9.17, 15) is 9.59 Å². The van der Waals surface area contributed by atoms with Crippen LogP contribution in [0.1, 0.15) is 42.2 Å². The highest BCUT2D eigenvalue weighted by Gasteiger charge is 2.49. The molecule has 2 saturated carbocycles. The van der Waals surface area contributed by atoms with E-state index in [0.29, 0.717) is 30.8 Å². The number of Topliss-reactive ketones (excluding diaryl/α,β-unsaturated/α-hetero) is 2. The summed E-state index contributed by atoms with van der Waals surface area (Å²) >= 11 is 0. The zero-order chi connectivity index (χ0) is 23.8. The maximum atomic E-state index is 13.7. The molecule has 2 nitrogen and oxygen atoms in total. The van der Waals surface area contributed by atoms with Gasteiger partial charge in [-0.1, -0.05) is 109 Å². The number of carbonyl (C=O) groups is 2. The molecule has 2 aliphatic carbocycles. The third-order valence-corrected chi connectivity index (χ3v) is 8.04. The lowest BCUT2D eigenvalue weighted by atomic mass is 9.58. The molecule has 0 spiro atoms. The number of hydrogen-bond donors (Lipinski definition) is 0. The van der Waals surface area contributed by atoms with Gasteiger partial charge in [0.25, 0.3) is 0 Å². The summed E-state index contributed by atoms with van der Waals surface area (Å²) in [5, 5.41) is 0. The quantitative estimate of drug-likeness (QED) is 0.319. The number of rotatable bonds is 4. The van der Waals surface area contributed by atoms with Crippen molar-refractivity contribution in [2.24, 2.45) is 11.8 Å². The van der Waals surface area contributed by atoms with E-state index < -0.39 is 0 Å². The van der Waals surface area contributed by atoms with Gasteiger partial charge in [0.15, 0.2) is 0 Å². The fraction of sp³-hybridized carbons (Fsp3) is 0.212. The lowest BCUT2D eigenvalue weighted by Crippen LogP contribution is -2.43. The molecule has 0 aliphatic heterocycles. The number of benzene rings is 4. The molecule has 0 aromatic heterocycles. The second kappa shape index (κ2) is 9.11. The van der Waals surface area contributed by atoms with Crippen molar-refractivity contribution in [3.63, 3.8) is 0 Å². The van der Waals surface area contributed by atoms with Gasteiger partial charge in [0.05, 0.1) is 0 Å². The van der Waals surface area contributed by atoms with Crippen molar-refractivity contribution in [3.8, 4) is 22.3 Å². The van der Waals surface area contributed by atoms with Crippen LogP contribution in [-0.2, 0) is 9.59 Å². The van der Waals surface area contributed by atoms with E-state index in [0.717, 1.165) is 33.4 Å². The molecular weight excluding hydrogens is 428 g/mol. The molecule has 2 bridgehead atoms. The highest BCUT2D eigenvalue weighted by Crippen LogP contribution is 2.52. The summed E-state index contributed by atoms with van der Waals surface area (Å²) in [4.78, 5) is 27.3. The van der Waals surface area contributed by atoms with Gasteiger partial charge in [0, 0.05) is 36.5 Å². The van der Waals surface area contributed by atoms with Crippen LogP contribution in [0.15, 0.2) is 109 Å². The van der Waals surface area contributed by atoms with Crippen LogP contribution in [0, 0.1) is 11.8 Å². The Hall–Kier alpha value is -3.78. The van der Waals surface area contributed by atoms with Crippen LogP contribution in [0.2, 0.25) is 0 Å². The van der Waals surface area contributed by atoms with Gasteiger partial charge in [-0.05, 0) is 39.8 Å². The Bertz CT molecular complexity index is 1270.